The Morgan fingerprint density at radius 1 is 1.07 bits per heavy atom. The SMILES string of the molecule is FC(F)(F)/C=C\CCc1ccccc1. The molecule has 0 atom stereocenters. The van der Waals surface area contributed by atoms with Crippen molar-refractivity contribution in [3.63, 3.8) is 0 Å². The van der Waals surface area contributed by atoms with Crippen LogP contribution in [0.1, 0.15) is 12.0 Å². The second-order valence-electron chi connectivity index (χ2n) is 2.97. The molecule has 0 heterocycles. The lowest BCUT2D eigenvalue weighted by Crippen LogP contribution is -2.00. The minimum atomic E-state index is -4.18. The molecule has 0 aliphatic carbocycles. The quantitative estimate of drug-likeness (QED) is 0.652. The lowest BCUT2D eigenvalue weighted by atomic mass is 10.1. The smallest absolute Gasteiger partial charge is 0.167 e. The summed E-state index contributed by atoms with van der Waals surface area (Å²) in [7, 11) is 0. The maximum absolute atomic E-state index is 11.7. The van der Waals surface area contributed by atoms with Crippen molar-refractivity contribution in [1.82, 2.24) is 0 Å². The first kappa shape index (κ1) is 10.8. The molecular weight excluding hydrogens is 189 g/mol. The summed E-state index contributed by atoms with van der Waals surface area (Å²) in [6, 6.07) is 9.45. The van der Waals surface area contributed by atoms with Gasteiger partial charge in [-0.05, 0) is 18.4 Å². The molecule has 0 amide bonds. The Kier molecular flexibility index (Phi) is 3.74. The normalized spacial score (nSPS) is 12.2. The van der Waals surface area contributed by atoms with Crippen LogP contribution in [0.25, 0.3) is 0 Å². The molecule has 0 saturated carbocycles. The third kappa shape index (κ3) is 4.70. The van der Waals surface area contributed by atoms with Gasteiger partial charge in [0.05, 0.1) is 0 Å². The number of allylic oxidation sites excluding steroid dienone is 2. The molecule has 0 bridgehead atoms. The van der Waals surface area contributed by atoms with Gasteiger partial charge in [0.15, 0.2) is 0 Å². The summed E-state index contributed by atoms with van der Waals surface area (Å²) in [4.78, 5) is 0. The van der Waals surface area contributed by atoms with Crippen molar-refractivity contribution in [3.8, 4) is 0 Å². The summed E-state index contributed by atoms with van der Waals surface area (Å²) < 4.78 is 35.1. The Hall–Kier alpha value is -1.25. The molecule has 0 N–H and O–H groups in total. The largest absolute Gasteiger partial charge is 0.409 e. The van der Waals surface area contributed by atoms with E-state index in [0.29, 0.717) is 12.8 Å². The van der Waals surface area contributed by atoms with Gasteiger partial charge in [-0.2, -0.15) is 13.2 Å². The van der Waals surface area contributed by atoms with Crippen molar-refractivity contribution in [3.05, 3.63) is 48.0 Å². The van der Waals surface area contributed by atoms with Gasteiger partial charge in [0, 0.05) is 6.08 Å². The number of hydrogen-bond acceptors (Lipinski definition) is 0. The highest BCUT2D eigenvalue weighted by Crippen LogP contribution is 2.16. The fraction of sp³-hybridized carbons (Fsp3) is 0.273. The van der Waals surface area contributed by atoms with E-state index in [0.717, 1.165) is 11.6 Å². The molecule has 0 unspecified atom stereocenters. The Morgan fingerprint density at radius 2 is 1.71 bits per heavy atom. The molecule has 0 aliphatic rings. The van der Waals surface area contributed by atoms with Crippen molar-refractivity contribution < 1.29 is 13.2 Å². The highest BCUT2D eigenvalue weighted by Gasteiger charge is 2.21. The van der Waals surface area contributed by atoms with Gasteiger partial charge in [0.1, 0.15) is 0 Å². The monoisotopic (exact) mass is 200 g/mol. The van der Waals surface area contributed by atoms with Gasteiger partial charge in [-0.15, -0.1) is 0 Å². The molecule has 76 valence electrons. The molecule has 0 spiro atoms. The van der Waals surface area contributed by atoms with E-state index in [2.05, 4.69) is 0 Å². The second kappa shape index (κ2) is 4.84. The van der Waals surface area contributed by atoms with E-state index in [1.807, 2.05) is 30.3 Å². The van der Waals surface area contributed by atoms with Crippen LogP contribution in [-0.2, 0) is 6.42 Å². The molecule has 0 aliphatic heterocycles. The summed E-state index contributed by atoms with van der Waals surface area (Å²) in [5, 5.41) is 0. The van der Waals surface area contributed by atoms with Crippen molar-refractivity contribution in [1.29, 1.82) is 0 Å². The Balaban J connectivity index is 2.33. The van der Waals surface area contributed by atoms with Gasteiger partial charge < -0.3 is 0 Å². The zero-order valence-electron chi connectivity index (χ0n) is 7.59. The summed E-state index contributed by atoms with van der Waals surface area (Å²) in [6.07, 6.45) is -1.67. The Morgan fingerprint density at radius 3 is 2.29 bits per heavy atom. The lowest BCUT2D eigenvalue weighted by molar-refractivity contribution is -0.0800. The fourth-order valence-corrected chi connectivity index (χ4v) is 1.11. The van der Waals surface area contributed by atoms with Crippen LogP contribution in [0, 0.1) is 0 Å². The van der Waals surface area contributed by atoms with Crippen LogP contribution < -0.4 is 0 Å². The zero-order chi connectivity index (χ0) is 10.4. The second-order valence-corrected chi connectivity index (χ2v) is 2.97. The topological polar surface area (TPSA) is 0 Å². The maximum Gasteiger partial charge on any atom is 0.409 e. The van der Waals surface area contributed by atoms with Crippen molar-refractivity contribution in [2.45, 2.75) is 19.0 Å². The average Bonchev–Trinajstić information content (AvgIpc) is 2.13. The molecular formula is C11H11F3. The summed E-state index contributed by atoms with van der Waals surface area (Å²) >= 11 is 0. The first-order valence-electron chi connectivity index (χ1n) is 4.36. The zero-order valence-corrected chi connectivity index (χ0v) is 7.59. The molecule has 3 heteroatoms. The molecule has 0 fully saturated rings. The van der Waals surface area contributed by atoms with Crippen LogP contribution in [0.3, 0.4) is 0 Å². The highest BCUT2D eigenvalue weighted by molar-refractivity contribution is 5.15. The Bertz CT molecular complexity index is 285. The van der Waals surface area contributed by atoms with Crippen molar-refractivity contribution in [2.75, 3.05) is 0 Å². The molecule has 0 nitrogen and oxygen atoms in total. The summed E-state index contributed by atoms with van der Waals surface area (Å²) in [5.41, 5.74) is 1.05. The third-order valence-electron chi connectivity index (χ3n) is 1.75. The summed E-state index contributed by atoms with van der Waals surface area (Å²) in [6.45, 7) is 0. The molecule has 1 aromatic rings. The van der Waals surface area contributed by atoms with Gasteiger partial charge in [-0.1, -0.05) is 36.4 Å². The molecule has 1 aromatic carbocycles. The van der Waals surface area contributed by atoms with E-state index in [9.17, 15) is 13.2 Å². The number of alkyl halides is 3. The minimum absolute atomic E-state index is 0.288. The van der Waals surface area contributed by atoms with Gasteiger partial charge in [-0.3, -0.25) is 0 Å². The highest BCUT2D eigenvalue weighted by atomic mass is 19.4. The number of hydrogen-bond donors (Lipinski definition) is 0. The van der Waals surface area contributed by atoms with Crippen molar-refractivity contribution in [2.24, 2.45) is 0 Å². The standard InChI is InChI=1S/C11H11F3/c12-11(13,14)9-5-4-8-10-6-2-1-3-7-10/h1-3,5-7,9H,4,8H2/b9-5-. The summed E-state index contributed by atoms with van der Waals surface area (Å²) in [5.74, 6) is 0. The van der Waals surface area contributed by atoms with E-state index in [4.69, 9.17) is 0 Å². The van der Waals surface area contributed by atoms with Gasteiger partial charge in [-0.25, -0.2) is 0 Å². The van der Waals surface area contributed by atoms with Gasteiger partial charge in [0.2, 0.25) is 0 Å². The van der Waals surface area contributed by atoms with Crippen LogP contribution in [0.4, 0.5) is 13.2 Å². The van der Waals surface area contributed by atoms with Crippen LogP contribution in [0.2, 0.25) is 0 Å². The van der Waals surface area contributed by atoms with Crippen molar-refractivity contribution >= 4 is 0 Å². The third-order valence-corrected chi connectivity index (χ3v) is 1.75. The lowest BCUT2D eigenvalue weighted by Gasteiger charge is -1.98. The van der Waals surface area contributed by atoms with E-state index >= 15 is 0 Å². The predicted octanol–water partition coefficient (Wildman–Crippen LogP) is 3.74. The van der Waals surface area contributed by atoms with Gasteiger partial charge in [0.25, 0.3) is 0 Å². The number of benzene rings is 1. The molecule has 0 saturated heterocycles. The van der Waals surface area contributed by atoms with Crippen LogP contribution in [-0.4, -0.2) is 6.18 Å². The van der Waals surface area contributed by atoms with E-state index in [-0.39, 0.29) is 6.08 Å². The first-order chi connectivity index (χ1) is 6.58. The number of rotatable bonds is 3. The molecule has 0 aromatic heterocycles. The van der Waals surface area contributed by atoms with Gasteiger partial charge >= 0.3 is 6.18 Å². The predicted molar refractivity (Wildman–Crippen MR) is 50.0 cm³/mol. The van der Waals surface area contributed by atoms with Crippen LogP contribution >= 0.6 is 0 Å². The average molecular weight is 200 g/mol. The van der Waals surface area contributed by atoms with E-state index in [1.54, 1.807) is 0 Å². The molecule has 14 heavy (non-hydrogen) atoms. The maximum atomic E-state index is 11.7. The minimum Gasteiger partial charge on any atom is -0.167 e. The van der Waals surface area contributed by atoms with E-state index < -0.39 is 6.18 Å². The van der Waals surface area contributed by atoms with Crippen LogP contribution in [0.15, 0.2) is 42.5 Å². The van der Waals surface area contributed by atoms with E-state index in [1.165, 1.54) is 0 Å². The molecule has 0 radical (unpaired) electrons. The number of halogens is 3. The Labute approximate surface area is 81.1 Å². The van der Waals surface area contributed by atoms with Crippen LogP contribution in [0.5, 0.6) is 0 Å². The fourth-order valence-electron chi connectivity index (χ4n) is 1.11. The first-order valence-corrected chi connectivity index (χ1v) is 4.36. The molecule has 1 rings (SSSR count). The number of aryl methyl sites for hydroxylation is 1.